The number of rotatable bonds is 3. The van der Waals surface area contributed by atoms with Gasteiger partial charge in [0, 0.05) is 22.4 Å². The van der Waals surface area contributed by atoms with Crippen LogP contribution in [0.1, 0.15) is 5.82 Å². The van der Waals surface area contributed by atoms with Crippen LogP contribution < -0.4 is 10.5 Å². The summed E-state index contributed by atoms with van der Waals surface area (Å²) in [4.78, 5) is 11.7. The summed E-state index contributed by atoms with van der Waals surface area (Å²) in [7, 11) is 0. The molecule has 96 valence electrons. The fourth-order valence-corrected chi connectivity index (χ4v) is 2.08. The third kappa shape index (κ3) is 2.68. The van der Waals surface area contributed by atoms with Crippen LogP contribution in [0.3, 0.4) is 0 Å². The molecular formula is C13H11BrN4O. The zero-order chi connectivity index (χ0) is 13.2. The summed E-state index contributed by atoms with van der Waals surface area (Å²) >= 11 is 3.37. The zero-order valence-electron chi connectivity index (χ0n) is 9.93. The van der Waals surface area contributed by atoms with Gasteiger partial charge >= 0.3 is 0 Å². The van der Waals surface area contributed by atoms with Crippen molar-refractivity contribution in [3.63, 3.8) is 0 Å². The second-order valence-corrected chi connectivity index (χ2v) is 4.99. The molecular weight excluding hydrogens is 308 g/mol. The number of nitrogens with two attached hydrogens (primary N) is 1. The lowest BCUT2D eigenvalue weighted by molar-refractivity contribution is 0.297. The van der Waals surface area contributed by atoms with E-state index >= 15 is 0 Å². The number of anilines is 1. The first-order chi connectivity index (χ1) is 9.20. The van der Waals surface area contributed by atoms with Crippen molar-refractivity contribution in [3.8, 4) is 5.75 Å². The highest BCUT2D eigenvalue weighted by atomic mass is 79.9. The van der Waals surface area contributed by atoms with E-state index in [1.165, 1.54) is 0 Å². The van der Waals surface area contributed by atoms with Gasteiger partial charge in [0.2, 0.25) is 0 Å². The molecule has 2 aromatic heterocycles. The van der Waals surface area contributed by atoms with Crippen LogP contribution in [0.4, 0.5) is 5.69 Å². The molecule has 3 aromatic rings. The Bertz CT molecular complexity index is 725. The van der Waals surface area contributed by atoms with Crippen LogP contribution in [0.25, 0.3) is 11.2 Å². The summed E-state index contributed by atoms with van der Waals surface area (Å²) in [6.45, 7) is 0.345. The third-order valence-corrected chi connectivity index (χ3v) is 3.02. The second kappa shape index (κ2) is 4.89. The number of aromatic nitrogens is 3. The van der Waals surface area contributed by atoms with Gasteiger partial charge in [-0.05, 0) is 34.1 Å². The molecule has 0 aliphatic heterocycles. The second-order valence-electron chi connectivity index (χ2n) is 4.07. The van der Waals surface area contributed by atoms with E-state index < -0.39 is 0 Å². The Morgan fingerprint density at radius 3 is 3.05 bits per heavy atom. The Hall–Kier alpha value is -2.08. The number of hydrogen-bond donors (Lipinski definition) is 2. The number of fused-ring (bicyclic) bond motifs is 1. The molecule has 0 aliphatic carbocycles. The van der Waals surface area contributed by atoms with E-state index in [-0.39, 0.29) is 0 Å². The monoisotopic (exact) mass is 318 g/mol. The number of nitrogens with one attached hydrogen (secondary N) is 1. The number of benzene rings is 1. The molecule has 5 nitrogen and oxygen atoms in total. The highest BCUT2D eigenvalue weighted by Gasteiger charge is 2.05. The molecule has 2 heterocycles. The maximum absolute atomic E-state index is 5.69. The standard InChI is InChI=1S/C13H11BrN4O/c14-8-4-11-13(16-6-8)18-12(17-11)7-19-10-3-1-2-9(15)5-10/h1-6H,7,15H2,(H,16,17,18). The van der Waals surface area contributed by atoms with Gasteiger partial charge in [-0.2, -0.15) is 0 Å². The fourth-order valence-electron chi connectivity index (χ4n) is 1.75. The Morgan fingerprint density at radius 2 is 2.21 bits per heavy atom. The van der Waals surface area contributed by atoms with Crippen LogP contribution in [0, 0.1) is 0 Å². The fraction of sp³-hybridized carbons (Fsp3) is 0.0769. The van der Waals surface area contributed by atoms with E-state index in [1.807, 2.05) is 24.3 Å². The van der Waals surface area contributed by atoms with Crippen LogP contribution >= 0.6 is 15.9 Å². The molecule has 0 radical (unpaired) electrons. The number of nitrogen functional groups attached to an aromatic ring is 1. The predicted octanol–water partition coefficient (Wildman–Crippen LogP) is 2.88. The third-order valence-electron chi connectivity index (χ3n) is 2.59. The largest absolute Gasteiger partial charge is 0.486 e. The smallest absolute Gasteiger partial charge is 0.177 e. The quantitative estimate of drug-likeness (QED) is 0.728. The summed E-state index contributed by atoms with van der Waals surface area (Å²) in [5.74, 6) is 1.44. The molecule has 1 aromatic carbocycles. The highest BCUT2D eigenvalue weighted by Crippen LogP contribution is 2.18. The van der Waals surface area contributed by atoms with Crippen LogP contribution in [-0.4, -0.2) is 15.0 Å². The summed E-state index contributed by atoms with van der Waals surface area (Å²) < 4.78 is 6.53. The van der Waals surface area contributed by atoms with Gasteiger partial charge in [-0.15, -0.1) is 0 Å². The number of nitrogens with zero attached hydrogens (tertiary/aromatic N) is 2. The summed E-state index contributed by atoms with van der Waals surface area (Å²) in [5.41, 5.74) is 7.91. The Labute approximate surface area is 118 Å². The van der Waals surface area contributed by atoms with Gasteiger partial charge in [-0.1, -0.05) is 6.07 Å². The maximum atomic E-state index is 5.69. The molecule has 19 heavy (non-hydrogen) atoms. The van der Waals surface area contributed by atoms with Crippen LogP contribution in [0.15, 0.2) is 41.0 Å². The van der Waals surface area contributed by atoms with Crippen molar-refractivity contribution in [2.45, 2.75) is 6.61 Å². The molecule has 0 atom stereocenters. The van der Waals surface area contributed by atoms with Crippen molar-refractivity contribution in [1.29, 1.82) is 0 Å². The van der Waals surface area contributed by atoms with E-state index in [1.54, 1.807) is 12.3 Å². The molecule has 0 saturated carbocycles. The van der Waals surface area contributed by atoms with Crippen molar-refractivity contribution in [1.82, 2.24) is 15.0 Å². The first-order valence-corrected chi connectivity index (χ1v) is 6.48. The number of halogens is 1. The van der Waals surface area contributed by atoms with Crippen molar-refractivity contribution < 1.29 is 4.74 Å². The average molecular weight is 319 g/mol. The lowest BCUT2D eigenvalue weighted by Gasteiger charge is -2.04. The van der Waals surface area contributed by atoms with Crippen LogP contribution in [0.5, 0.6) is 5.75 Å². The summed E-state index contributed by atoms with van der Waals surface area (Å²) in [6.07, 6.45) is 1.71. The molecule has 0 amide bonds. The molecule has 0 bridgehead atoms. The highest BCUT2D eigenvalue weighted by molar-refractivity contribution is 9.10. The Kier molecular flexibility index (Phi) is 3.08. The van der Waals surface area contributed by atoms with Crippen LogP contribution in [0.2, 0.25) is 0 Å². The minimum Gasteiger partial charge on any atom is -0.486 e. The van der Waals surface area contributed by atoms with Crippen molar-refractivity contribution >= 4 is 32.8 Å². The number of H-pyrrole nitrogens is 1. The molecule has 0 fully saturated rings. The van der Waals surface area contributed by atoms with Crippen LogP contribution in [-0.2, 0) is 6.61 Å². The average Bonchev–Trinajstić information content (AvgIpc) is 2.78. The van der Waals surface area contributed by atoms with Crippen molar-refractivity contribution in [2.75, 3.05) is 5.73 Å². The molecule has 0 unspecified atom stereocenters. The van der Waals surface area contributed by atoms with E-state index in [0.717, 1.165) is 21.6 Å². The molecule has 3 N–H and O–H groups in total. The summed E-state index contributed by atoms with van der Waals surface area (Å²) in [5, 5.41) is 0. The molecule has 0 saturated heterocycles. The molecule has 0 spiro atoms. The number of imidazole rings is 1. The number of aromatic amines is 1. The van der Waals surface area contributed by atoms with Gasteiger partial charge in [0.1, 0.15) is 18.2 Å². The zero-order valence-corrected chi connectivity index (χ0v) is 11.5. The Balaban J connectivity index is 1.78. The lowest BCUT2D eigenvalue weighted by Crippen LogP contribution is -1.97. The van der Waals surface area contributed by atoms with E-state index in [4.69, 9.17) is 10.5 Å². The van der Waals surface area contributed by atoms with Gasteiger partial charge in [0.15, 0.2) is 5.65 Å². The molecule has 3 rings (SSSR count). The SMILES string of the molecule is Nc1cccc(OCc2nc3ncc(Br)cc3[nH]2)c1. The van der Waals surface area contributed by atoms with Crippen molar-refractivity contribution in [3.05, 3.63) is 46.8 Å². The van der Waals surface area contributed by atoms with E-state index in [2.05, 4.69) is 30.9 Å². The first-order valence-electron chi connectivity index (χ1n) is 5.69. The van der Waals surface area contributed by atoms with Gasteiger partial charge in [0.25, 0.3) is 0 Å². The number of ether oxygens (including phenoxy) is 1. The van der Waals surface area contributed by atoms with Gasteiger partial charge in [0.05, 0.1) is 5.52 Å². The predicted molar refractivity (Wildman–Crippen MR) is 76.8 cm³/mol. The number of hydrogen-bond acceptors (Lipinski definition) is 4. The summed E-state index contributed by atoms with van der Waals surface area (Å²) in [6, 6.07) is 9.22. The molecule has 6 heteroatoms. The van der Waals surface area contributed by atoms with Gasteiger partial charge in [-0.25, -0.2) is 9.97 Å². The normalized spacial score (nSPS) is 10.8. The van der Waals surface area contributed by atoms with Gasteiger partial charge in [-0.3, -0.25) is 0 Å². The Morgan fingerprint density at radius 1 is 1.32 bits per heavy atom. The minimum atomic E-state index is 0.345. The number of pyridine rings is 1. The van der Waals surface area contributed by atoms with Gasteiger partial charge < -0.3 is 15.5 Å². The lowest BCUT2D eigenvalue weighted by atomic mass is 10.3. The van der Waals surface area contributed by atoms with E-state index in [0.29, 0.717) is 17.9 Å². The van der Waals surface area contributed by atoms with E-state index in [9.17, 15) is 0 Å². The molecule has 0 aliphatic rings. The van der Waals surface area contributed by atoms with Crippen molar-refractivity contribution in [2.24, 2.45) is 0 Å². The first kappa shape index (κ1) is 12.0. The topological polar surface area (TPSA) is 76.8 Å². The minimum absolute atomic E-state index is 0.345. The maximum Gasteiger partial charge on any atom is 0.177 e.